The van der Waals surface area contributed by atoms with Gasteiger partial charge in [-0.2, -0.15) is 5.26 Å². The first kappa shape index (κ1) is 24.7. The molecule has 33 heavy (non-hydrogen) atoms. The van der Waals surface area contributed by atoms with Crippen LogP contribution in [0.5, 0.6) is 0 Å². The minimum absolute atomic E-state index is 0. The van der Waals surface area contributed by atoms with Gasteiger partial charge in [-0.25, -0.2) is 0 Å². The lowest BCUT2D eigenvalue weighted by Crippen LogP contribution is -3.00. The maximum atomic E-state index is 10.7. The molecule has 0 unspecified atom stereocenters. The van der Waals surface area contributed by atoms with Gasteiger partial charge in [0, 0.05) is 5.69 Å². The molecule has 4 rings (SSSR count). The zero-order chi connectivity index (χ0) is 22.2. The second-order valence-corrected chi connectivity index (χ2v) is 10.8. The Morgan fingerprint density at radius 2 is 1.03 bits per heavy atom. The minimum atomic E-state index is -2.42. The largest absolute Gasteiger partial charge is 1.00 e. The van der Waals surface area contributed by atoms with Gasteiger partial charge in [0.2, 0.25) is 5.31 Å². The first-order valence-electron chi connectivity index (χ1n) is 10.8. The molecule has 0 aliphatic carbocycles. The fourth-order valence-corrected chi connectivity index (χ4v) is 8.44. The number of rotatable bonds is 7. The summed E-state index contributed by atoms with van der Waals surface area (Å²) in [6.07, 6.45) is 0.728. The summed E-state index contributed by atoms with van der Waals surface area (Å²) in [6.45, 7) is 2.11. The molecule has 0 fully saturated rings. The molecule has 1 N–H and O–H groups in total. The smallest absolute Gasteiger partial charge is 0.204 e. The predicted octanol–water partition coefficient (Wildman–Crippen LogP) is 3.24. The summed E-state index contributed by atoms with van der Waals surface area (Å²) in [4.78, 5) is 0. The van der Waals surface area contributed by atoms with Crippen molar-refractivity contribution in [3.8, 4) is 6.07 Å². The van der Waals surface area contributed by atoms with Crippen LogP contribution in [0.25, 0.3) is 0 Å². The normalized spacial score (nSPS) is 11.5. The van der Waals surface area contributed by atoms with Gasteiger partial charge in [-0.3, -0.25) is 0 Å². The molecule has 4 aromatic carbocycles. The van der Waals surface area contributed by atoms with Crippen LogP contribution in [0, 0.1) is 11.3 Å². The number of allylic oxidation sites excluding steroid dienone is 2. The van der Waals surface area contributed by atoms with Crippen LogP contribution in [0.15, 0.2) is 132 Å². The van der Waals surface area contributed by atoms with Crippen LogP contribution in [-0.4, -0.2) is 0 Å². The number of anilines is 1. The Hall–Kier alpha value is -2.93. The molecule has 0 saturated heterocycles. The maximum absolute atomic E-state index is 10.7. The Morgan fingerprint density at radius 1 is 0.667 bits per heavy atom. The van der Waals surface area contributed by atoms with E-state index in [4.69, 9.17) is 0 Å². The van der Waals surface area contributed by atoms with Crippen LogP contribution in [-0.2, 0) is 0 Å². The minimum Gasteiger partial charge on any atom is -1.00 e. The molecular formula is C29H26IN2P. The predicted molar refractivity (Wildman–Crippen MR) is 138 cm³/mol. The van der Waals surface area contributed by atoms with Crippen LogP contribution < -0.4 is 45.2 Å². The van der Waals surface area contributed by atoms with Crippen LogP contribution >= 0.6 is 7.26 Å². The Kier molecular flexibility index (Phi) is 8.83. The third-order valence-corrected chi connectivity index (χ3v) is 9.84. The van der Waals surface area contributed by atoms with Gasteiger partial charge in [0.1, 0.15) is 22.0 Å². The second-order valence-electron chi connectivity index (χ2n) is 7.46. The van der Waals surface area contributed by atoms with Crippen LogP contribution in [0.3, 0.4) is 0 Å². The molecule has 0 atom stereocenters. The fourth-order valence-electron chi connectivity index (χ4n) is 4.14. The average Bonchev–Trinajstić information content (AvgIpc) is 2.88. The molecule has 0 heterocycles. The van der Waals surface area contributed by atoms with E-state index in [1.54, 1.807) is 0 Å². The van der Waals surface area contributed by atoms with Crippen molar-refractivity contribution in [1.82, 2.24) is 0 Å². The summed E-state index contributed by atoms with van der Waals surface area (Å²) in [5.41, 5.74) is 1.95. The third-order valence-electron chi connectivity index (χ3n) is 5.58. The highest BCUT2D eigenvalue weighted by Gasteiger charge is 2.51. The number of para-hydroxylation sites is 1. The maximum Gasteiger partial charge on any atom is 0.204 e. The molecule has 4 heteroatoms. The highest BCUT2D eigenvalue weighted by Crippen LogP contribution is 2.63. The van der Waals surface area contributed by atoms with Gasteiger partial charge in [0.05, 0.1) is 5.70 Å². The second kappa shape index (κ2) is 11.8. The van der Waals surface area contributed by atoms with Gasteiger partial charge in [0.15, 0.2) is 7.26 Å². The average molecular weight is 560 g/mol. The Bertz CT molecular complexity index is 1120. The molecule has 2 nitrogen and oxygen atoms in total. The van der Waals surface area contributed by atoms with E-state index in [0.717, 1.165) is 23.1 Å². The lowest BCUT2D eigenvalue weighted by molar-refractivity contribution is -0.00000646. The quantitative estimate of drug-likeness (QED) is 0.214. The Balaban J connectivity index is 0.00000306. The summed E-state index contributed by atoms with van der Waals surface area (Å²) in [6, 6.07) is 44.3. The number of nitriles is 1. The molecule has 0 radical (unpaired) electrons. The van der Waals surface area contributed by atoms with Crippen LogP contribution in [0.2, 0.25) is 0 Å². The highest BCUT2D eigenvalue weighted by molar-refractivity contribution is 7.99. The summed E-state index contributed by atoms with van der Waals surface area (Å²) in [7, 11) is -2.42. The number of hydrogen-bond acceptors (Lipinski definition) is 2. The van der Waals surface area contributed by atoms with E-state index >= 15 is 0 Å². The van der Waals surface area contributed by atoms with E-state index < -0.39 is 7.26 Å². The molecule has 0 amide bonds. The molecule has 0 bridgehead atoms. The van der Waals surface area contributed by atoms with Crippen LogP contribution in [0.4, 0.5) is 5.69 Å². The van der Waals surface area contributed by atoms with E-state index in [-0.39, 0.29) is 24.0 Å². The van der Waals surface area contributed by atoms with Crippen molar-refractivity contribution in [2.75, 3.05) is 5.32 Å². The van der Waals surface area contributed by atoms with E-state index in [1.807, 2.05) is 48.5 Å². The molecule has 0 aromatic heterocycles. The first-order chi connectivity index (χ1) is 15.8. The van der Waals surface area contributed by atoms with Crippen molar-refractivity contribution in [2.24, 2.45) is 0 Å². The molecule has 0 spiro atoms. The summed E-state index contributed by atoms with van der Waals surface area (Å²) in [5, 5.41) is 18.6. The van der Waals surface area contributed by atoms with E-state index in [2.05, 4.69) is 91.1 Å². The van der Waals surface area contributed by atoms with Crippen LogP contribution in [0.1, 0.15) is 13.3 Å². The standard InChI is InChI=1S/C29H26N2P.HI/c1-2-28(31-24-15-7-3-8-16-24)29(23-30)32(25-17-9-4-10-18-25,26-19-11-5-12-20-26)27-21-13-6-14-22-27;/h3-22,31H,2H2,1H3;1H/q+1;/p-1/b29-28+;. The van der Waals surface area contributed by atoms with E-state index in [0.29, 0.717) is 0 Å². The lowest BCUT2D eigenvalue weighted by Gasteiger charge is -2.28. The van der Waals surface area contributed by atoms with Gasteiger partial charge in [0.25, 0.3) is 0 Å². The van der Waals surface area contributed by atoms with Crippen molar-refractivity contribution in [3.05, 3.63) is 132 Å². The van der Waals surface area contributed by atoms with Gasteiger partial charge in [-0.1, -0.05) is 79.7 Å². The van der Waals surface area contributed by atoms with E-state index in [1.165, 1.54) is 15.9 Å². The summed E-state index contributed by atoms with van der Waals surface area (Å²) < 4.78 is 0. The number of halogens is 1. The van der Waals surface area contributed by atoms with Crippen molar-refractivity contribution in [1.29, 1.82) is 5.26 Å². The summed E-state index contributed by atoms with van der Waals surface area (Å²) in [5.74, 6) is 0. The first-order valence-corrected chi connectivity index (χ1v) is 12.6. The number of nitrogens with zero attached hydrogens (tertiary/aromatic N) is 1. The highest BCUT2D eigenvalue weighted by atomic mass is 127. The molecule has 4 aromatic rings. The number of hydrogen-bond donors (Lipinski definition) is 1. The lowest BCUT2D eigenvalue weighted by atomic mass is 10.2. The van der Waals surface area contributed by atoms with E-state index in [9.17, 15) is 5.26 Å². The molecular weight excluding hydrogens is 534 g/mol. The number of benzene rings is 4. The molecule has 0 aliphatic heterocycles. The fraction of sp³-hybridized carbons (Fsp3) is 0.0690. The van der Waals surface area contributed by atoms with Gasteiger partial charge < -0.3 is 29.3 Å². The third kappa shape index (κ3) is 5.03. The van der Waals surface area contributed by atoms with Crippen molar-refractivity contribution >= 4 is 28.9 Å². The Labute approximate surface area is 214 Å². The summed E-state index contributed by atoms with van der Waals surface area (Å²) >= 11 is 0. The SMILES string of the molecule is CC/C(Nc1ccccc1)=C(/C#N)[P+](c1ccccc1)(c1ccccc1)c1ccccc1.[I-]. The zero-order valence-corrected chi connectivity index (χ0v) is 21.6. The van der Waals surface area contributed by atoms with Gasteiger partial charge in [-0.15, -0.1) is 0 Å². The van der Waals surface area contributed by atoms with Gasteiger partial charge >= 0.3 is 0 Å². The van der Waals surface area contributed by atoms with Crippen molar-refractivity contribution in [3.63, 3.8) is 0 Å². The molecule has 0 aliphatic rings. The number of nitrogens with one attached hydrogen (secondary N) is 1. The van der Waals surface area contributed by atoms with Gasteiger partial charge in [-0.05, 0) is 55.0 Å². The molecule has 0 saturated carbocycles. The Morgan fingerprint density at radius 3 is 1.36 bits per heavy atom. The van der Waals surface area contributed by atoms with Crippen molar-refractivity contribution in [2.45, 2.75) is 13.3 Å². The topological polar surface area (TPSA) is 35.8 Å². The zero-order valence-electron chi connectivity index (χ0n) is 18.5. The van der Waals surface area contributed by atoms with Crippen molar-refractivity contribution < 1.29 is 24.0 Å². The molecule has 164 valence electrons. The monoisotopic (exact) mass is 560 g/mol.